The molecule has 3 rings (SSSR count). The topological polar surface area (TPSA) is 62.7 Å². The van der Waals surface area contributed by atoms with Crippen LogP contribution in [0.15, 0.2) is 53.6 Å². The molecule has 0 aliphatic heterocycles. The molecule has 5 heteroatoms. The Kier molecular flexibility index (Phi) is 5.67. The van der Waals surface area contributed by atoms with Crippen LogP contribution in [0.1, 0.15) is 30.9 Å². The van der Waals surface area contributed by atoms with E-state index in [0.29, 0.717) is 6.61 Å². The van der Waals surface area contributed by atoms with Crippen LogP contribution >= 0.6 is 0 Å². The number of benzene rings is 2. The van der Waals surface area contributed by atoms with E-state index in [-0.39, 0.29) is 12.5 Å². The molecule has 5 nitrogen and oxygen atoms in total. The second-order valence-corrected chi connectivity index (χ2v) is 5.92. The van der Waals surface area contributed by atoms with E-state index in [2.05, 4.69) is 28.0 Å². The zero-order valence-electron chi connectivity index (χ0n) is 14.4. The summed E-state index contributed by atoms with van der Waals surface area (Å²) < 4.78 is 5.40. The van der Waals surface area contributed by atoms with Gasteiger partial charge in [-0.15, -0.1) is 0 Å². The van der Waals surface area contributed by atoms with Gasteiger partial charge in [-0.25, -0.2) is 5.43 Å². The number of carbonyl (C=O) groups is 1. The smallest absolute Gasteiger partial charge is 0.259 e. The molecule has 0 atom stereocenters. The lowest BCUT2D eigenvalue weighted by Crippen LogP contribution is -2.27. The summed E-state index contributed by atoms with van der Waals surface area (Å²) in [4.78, 5) is 12.0. The average Bonchev–Trinajstić information content (AvgIpc) is 2.66. The summed E-state index contributed by atoms with van der Waals surface area (Å²) in [6.45, 7) is 2.76. The van der Waals surface area contributed by atoms with Gasteiger partial charge < -0.3 is 10.1 Å². The number of aryl methyl sites for hydroxylation is 1. The number of hydrogen-bond acceptors (Lipinski definition) is 4. The van der Waals surface area contributed by atoms with Crippen LogP contribution in [-0.4, -0.2) is 24.8 Å². The molecule has 0 unspecified atom stereocenters. The van der Waals surface area contributed by atoms with E-state index >= 15 is 0 Å². The molecule has 0 radical (unpaired) electrons. The Balaban J connectivity index is 1.53. The lowest BCUT2D eigenvalue weighted by Gasteiger charge is -2.17. The fourth-order valence-electron chi connectivity index (χ4n) is 2.90. The second kappa shape index (κ2) is 8.33. The largest absolute Gasteiger partial charge is 0.494 e. The summed E-state index contributed by atoms with van der Waals surface area (Å²) >= 11 is 0. The normalized spacial score (nSPS) is 14.7. The Morgan fingerprint density at radius 1 is 1.12 bits per heavy atom. The van der Waals surface area contributed by atoms with Gasteiger partial charge >= 0.3 is 0 Å². The molecule has 0 aromatic heterocycles. The average molecular weight is 337 g/mol. The molecule has 2 aromatic rings. The van der Waals surface area contributed by atoms with Crippen molar-refractivity contribution in [1.82, 2.24) is 5.43 Å². The minimum atomic E-state index is -0.163. The first-order valence-electron chi connectivity index (χ1n) is 8.66. The molecular formula is C20H23N3O2. The van der Waals surface area contributed by atoms with Crippen molar-refractivity contribution in [2.75, 3.05) is 18.5 Å². The quantitative estimate of drug-likeness (QED) is 0.795. The van der Waals surface area contributed by atoms with Gasteiger partial charge in [0.1, 0.15) is 5.75 Å². The monoisotopic (exact) mass is 337 g/mol. The first-order valence-corrected chi connectivity index (χ1v) is 8.66. The van der Waals surface area contributed by atoms with E-state index < -0.39 is 0 Å². The van der Waals surface area contributed by atoms with Gasteiger partial charge in [0.2, 0.25) is 0 Å². The number of ether oxygens (including phenoxy) is 1. The maximum absolute atomic E-state index is 12.0. The van der Waals surface area contributed by atoms with Crippen molar-refractivity contribution in [3.05, 3.63) is 59.7 Å². The van der Waals surface area contributed by atoms with Crippen LogP contribution in [-0.2, 0) is 11.2 Å². The Hall–Kier alpha value is -2.82. The number of nitrogens with one attached hydrogen (secondary N) is 2. The highest BCUT2D eigenvalue weighted by Gasteiger charge is 2.15. The van der Waals surface area contributed by atoms with Crippen molar-refractivity contribution < 1.29 is 9.53 Å². The number of nitrogens with zero attached hydrogens (tertiary/aromatic N) is 1. The Morgan fingerprint density at radius 3 is 2.72 bits per heavy atom. The minimum Gasteiger partial charge on any atom is -0.494 e. The Labute approximate surface area is 148 Å². The molecule has 1 aliphatic carbocycles. The van der Waals surface area contributed by atoms with Crippen molar-refractivity contribution in [1.29, 1.82) is 0 Å². The molecule has 0 fully saturated rings. The van der Waals surface area contributed by atoms with E-state index in [4.69, 9.17) is 4.74 Å². The van der Waals surface area contributed by atoms with Gasteiger partial charge in [0.15, 0.2) is 0 Å². The molecule has 0 saturated heterocycles. The molecule has 0 spiro atoms. The van der Waals surface area contributed by atoms with Gasteiger partial charge in [0.25, 0.3) is 5.91 Å². The molecule has 2 aromatic carbocycles. The summed E-state index contributed by atoms with van der Waals surface area (Å²) in [6.07, 6.45) is 3.03. The predicted octanol–water partition coefficient (Wildman–Crippen LogP) is 3.35. The lowest BCUT2D eigenvalue weighted by molar-refractivity contribution is -0.119. The van der Waals surface area contributed by atoms with Gasteiger partial charge in [-0.1, -0.05) is 24.3 Å². The second-order valence-electron chi connectivity index (χ2n) is 5.92. The van der Waals surface area contributed by atoms with Crippen LogP contribution in [0, 0.1) is 0 Å². The van der Waals surface area contributed by atoms with E-state index in [1.165, 1.54) is 5.56 Å². The maximum Gasteiger partial charge on any atom is 0.259 e. The van der Waals surface area contributed by atoms with E-state index in [1.807, 2.05) is 43.3 Å². The number of carbonyl (C=O) groups excluding carboxylic acids is 1. The summed E-state index contributed by atoms with van der Waals surface area (Å²) in [5, 5.41) is 7.42. The molecule has 25 heavy (non-hydrogen) atoms. The summed E-state index contributed by atoms with van der Waals surface area (Å²) in [6, 6.07) is 15.8. The number of anilines is 1. The first kappa shape index (κ1) is 17.0. The number of hydrazone groups is 1. The third-order valence-electron chi connectivity index (χ3n) is 4.12. The molecule has 0 heterocycles. The van der Waals surface area contributed by atoms with E-state index in [0.717, 1.165) is 42.0 Å². The zero-order chi connectivity index (χ0) is 17.5. The maximum atomic E-state index is 12.0. The number of hydrogen-bond donors (Lipinski definition) is 2. The molecule has 2 N–H and O–H groups in total. The van der Waals surface area contributed by atoms with Crippen molar-refractivity contribution in [2.24, 2.45) is 5.10 Å². The highest BCUT2D eigenvalue weighted by atomic mass is 16.5. The Morgan fingerprint density at radius 2 is 1.92 bits per heavy atom. The van der Waals surface area contributed by atoms with E-state index in [9.17, 15) is 4.79 Å². The number of amides is 1. The van der Waals surface area contributed by atoms with Crippen molar-refractivity contribution in [2.45, 2.75) is 26.2 Å². The van der Waals surface area contributed by atoms with Crippen LogP contribution in [0.2, 0.25) is 0 Å². The lowest BCUT2D eigenvalue weighted by atomic mass is 9.90. The fourth-order valence-corrected chi connectivity index (χ4v) is 2.90. The summed E-state index contributed by atoms with van der Waals surface area (Å²) in [5.74, 6) is 0.657. The van der Waals surface area contributed by atoms with Crippen LogP contribution in [0.5, 0.6) is 5.75 Å². The number of rotatable bonds is 6. The third kappa shape index (κ3) is 4.59. The molecular weight excluding hydrogens is 314 g/mol. The van der Waals surface area contributed by atoms with E-state index in [1.54, 1.807) is 0 Å². The molecule has 0 saturated carbocycles. The standard InChI is InChI=1S/C20H23N3O2/c1-2-25-17-12-10-16(11-13-17)21-14-20(24)23-22-19-9-5-7-15-6-3-4-8-18(15)19/h3-4,6,8,10-13,21H,2,5,7,9,14H2,1H3,(H,23,24)/b22-19+. The number of fused-ring (bicyclic) bond motifs is 1. The van der Waals surface area contributed by atoms with Crippen LogP contribution in [0.4, 0.5) is 5.69 Å². The molecule has 1 amide bonds. The summed E-state index contributed by atoms with van der Waals surface area (Å²) in [5.41, 5.74) is 6.93. The van der Waals surface area contributed by atoms with Crippen molar-refractivity contribution >= 4 is 17.3 Å². The van der Waals surface area contributed by atoms with Gasteiger partial charge in [0.05, 0.1) is 18.9 Å². The minimum absolute atomic E-state index is 0.163. The van der Waals surface area contributed by atoms with Crippen molar-refractivity contribution in [3.8, 4) is 5.75 Å². The highest BCUT2D eigenvalue weighted by molar-refractivity contribution is 6.03. The Bertz CT molecular complexity index is 754. The predicted molar refractivity (Wildman–Crippen MR) is 100 cm³/mol. The van der Waals surface area contributed by atoms with Crippen molar-refractivity contribution in [3.63, 3.8) is 0 Å². The van der Waals surface area contributed by atoms with Gasteiger partial charge in [0, 0.05) is 11.3 Å². The first-order chi connectivity index (χ1) is 12.3. The third-order valence-corrected chi connectivity index (χ3v) is 4.12. The van der Waals surface area contributed by atoms with Crippen LogP contribution < -0.4 is 15.5 Å². The molecule has 0 bridgehead atoms. The fraction of sp³-hybridized carbons (Fsp3) is 0.300. The summed E-state index contributed by atoms with van der Waals surface area (Å²) in [7, 11) is 0. The molecule has 130 valence electrons. The van der Waals surface area contributed by atoms with Gasteiger partial charge in [-0.2, -0.15) is 5.10 Å². The van der Waals surface area contributed by atoms with Crippen LogP contribution in [0.25, 0.3) is 0 Å². The van der Waals surface area contributed by atoms with Crippen LogP contribution in [0.3, 0.4) is 0 Å². The SMILES string of the molecule is CCOc1ccc(NCC(=O)N/N=C2\CCCc3ccccc32)cc1. The zero-order valence-corrected chi connectivity index (χ0v) is 14.4. The molecule has 1 aliphatic rings. The highest BCUT2D eigenvalue weighted by Crippen LogP contribution is 2.21. The van der Waals surface area contributed by atoms with Gasteiger partial charge in [-0.3, -0.25) is 4.79 Å². The van der Waals surface area contributed by atoms with Gasteiger partial charge in [-0.05, 0) is 56.0 Å².